The summed E-state index contributed by atoms with van der Waals surface area (Å²) >= 11 is 6.01. The monoisotopic (exact) mass is 480 g/mol. The molecule has 0 saturated heterocycles. The molecule has 10 nitrogen and oxygen atoms in total. The zero-order valence-electron chi connectivity index (χ0n) is 17.5. The lowest BCUT2D eigenvalue weighted by Gasteiger charge is -2.29. The van der Waals surface area contributed by atoms with Crippen LogP contribution in [0.4, 0.5) is 17.1 Å². The Kier molecular flexibility index (Phi) is 6.54. The number of fused-ring (bicyclic) bond motifs is 1. The van der Waals surface area contributed by atoms with E-state index in [1.165, 1.54) is 18.9 Å². The van der Waals surface area contributed by atoms with Crippen LogP contribution in [0.5, 0.6) is 0 Å². The molecule has 1 aliphatic heterocycles. The fourth-order valence-electron chi connectivity index (χ4n) is 3.48. The summed E-state index contributed by atoms with van der Waals surface area (Å²) in [6, 6.07) is 8.25. The van der Waals surface area contributed by atoms with Crippen LogP contribution in [-0.4, -0.2) is 49.1 Å². The van der Waals surface area contributed by atoms with Crippen molar-refractivity contribution in [1.82, 2.24) is 4.31 Å². The van der Waals surface area contributed by atoms with E-state index in [9.17, 15) is 28.1 Å². The SMILES string of the molecule is Cc1c(Cl)cc(S(=O)(=O)N(C)CC(=O)N2c3ccccc3NC(=O)CC2C)cc1[N+](=O)[O-]. The molecule has 0 fully saturated rings. The lowest BCUT2D eigenvalue weighted by molar-refractivity contribution is -0.385. The zero-order chi connectivity index (χ0) is 23.8. The van der Waals surface area contributed by atoms with Crippen LogP contribution >= 0.6 is 11.6 Å². The molecule has 1 heterocycles. The normalized spacial score (nSPS) is 16.3. The molecule has 1 aliphatic rings. The number of anilines is 2. The molecule has 32 heavy (non-hydrogen) atoms. The van der Waals surface area contributed by atoms with E-state index in [-0.39, 0.29) is 22.9 Å². The molecule has 0 spiro atoms. The second-order valence-electron chi connectivity index (χ2n) is 7.45. The van der Waals surface area contributed by atoms with Gasteiger partial charge in [0.05, 0.1) is 32.8 Å². The van der Waals surface area contributed by atoms with Crippen LogP contribution in [0.2, 0.25) is 5.02 Å². The molecular formula is C20H21ClN4O6S. The molecule has 2 amide bonds. The molecule has 0 bridgehead atoms. The lowest BCUT2D eigenvalue weighted by Crippen LogP contribution is -2.45. The summed E-state index contributed by atoms with van der Waals surface area (Å²) in [5, 5.41) is 13.9. The number of nitro groups is 1. The molecule has 0 aromatic heterocycles. The molecule has 0 saturated carbocycles. The third-order valence-corrected chi connectivity index (χ3v) is 7.35. The number of sulfonamides is 1. The van der Waals surface area contributed by atoms with Crippen LogP contribution in [0.25, 0.3) is 0 Å². The predicted octanol–water partition coefficient (Wildman–Crippen LogP) is 2.94. The van der Waals surface area contributed by atoms with Gasteiger partial charge in [0.1, 0.15) is 0 Å². The van der Waals surface area contributed by atoms with E-state index in [0.29, 0.717) is 11.4 Å². The van der Waals surface area contributed by atoms with E-state index in [0.717, 1.165) is 16.4 Å². The second-order valence-corrected chi connectivity index (χ2v) is 9.90. The summed E-state index contributed by atoms with van der Waals surface area (Å²) in [7, 11) is -3.07. The van der Waals surface area contributed by atoms with Gasteiger partial charge in [-0.15, -0.1) is 0 Å². The quantitative estimate of drug-likeness (QED) is 0.517. The Bertz CT molecular complexity index is 1220. The number of hydrogen-bond donors (Lipinski definition) is 1. The summed E-state index contributed by atoms with van der Waals surface area (Å²) in [5.41, 5.74) is 0.606. The molecule has 2 aromatic rings. The number of amides is 2. The van der Waals surface area contributed by atoms with Gasteiger partial charge in [0.2, 0.25) is 21.8 Å². The van der Waals surface area contributed by atoms with Gasteiger partial charge in [0, 0.05) is 31.1 Å². The van der Waals surface area contributed by atoms with E-state index in [4.69, 9.17) is 11.6 Å². The maximum atomic E-state index is 13.2. The third kappa shape index (κ3) is 4.45. The first-order valence-corrected chi connectivity index (χ1v) is 11.4. The second kappa shape index (κ2) is 8.85. The molecular weight excluding hydrogens is 460 g/mol. The first kappa shape index (κ1) is 23.6. The molecule has 12 heteroatoms. The van der Waals surface area contributed by atoms with Gasteiger partial charge < -0.3 is 10.2 Å². The fourth-order valence-corrected chi connectivity index (χ4v) is 4.92. The minimum absolute atomic E-state index is 0.0383. The number of carbonyl (C=O) groups excluding carboxylic acids is 2. The van der Waals surface area contributed by atoms with Crippen LogP contribution in [0.15, 0.2) is 41.3 Å². The first-order valence-electron chi connectivity index (χ1n) is 9.55. The Morgan fingerprint density at radius 3 is 2.66 bits per heavy atom. The highest BCUT2D eigenvalue weighted by Crippen LogP contribution is 2.33. The van der Waals surface area contributed by atoms with Crippen molar-refractivity contribution >= 4 is 50.5 Å². The highest BCUT2D eigenvalue weighted by molar-refractivity contribution is 7.89. The lowest BCUT2D eigenvalue weighted by atomic mass is 10.1. The van der Waals surface area contributed by atoms with Crippen LogP contribution in [0.1, 0.15) is 18.9 Å². The van der Waals surface area contributed by atoms with Crippen molar-refractivity contribution < 1.29 is 22.9 Å². The number of carbonyl (C=O) groups is 2. The smallest absolute Gasteiger partial charge is 0.275 e. The van der Waals surface area contributed by atoms with Gasteiger partial charge in [-0.3, -0.25) is 19.7 Å². The average Bonchev–Trinajstić information content (AvgIpc) is 2.83. The van der Waals surface area contributed by atoms with Gasteiger partial charge in [0.25, 0.3) is 5.69 Å². The van der Waals surface area contributed by atoms with Gasteiger partial charge in [-0.05, 0) is 32.0 Å². The zero-order valence-corrected chi connectivity index (χ0v) is 19.1. The van der Waals surface area contributed by atoms with Crippen LogP contribution in [0, 0.1) is 17.0 Å². The number of hydrogen-bond acceptors (Lipinski definition) is 6. The highest BCUT2D eigenvalue weighted by Gasteiger charge is 2.33. The summed E-state index contributed by atoms with van der Waals surface area (Å²) in [4.78, 5) is 36.8. The Morgan fingerprint density at radius 2 is 2.00 bits per heavy atom. The maximum Gasteiger partial charge on any atom is 0.275 e. The number of halogens is 1. The van der Waals surface area contributed by atoms with E-state index in [2.05, 4.69) is 5.32 Å². The Balaban J connectivity index is 1.93. The van der Waals surface area contributed by atoms with E-state index >= 15 is 0 Å². The molecule has 170 valence electrons. The molecule has 3 rings (SSSR count). The number of benzene rings is 2. The number of nitrogens with one attached hydrogen (secondary N) is 1. The number of rotatable bonds is 5. The van der Waals surface area contributed by atoms with E-state index in [1.807, 2.05) is 0 Å². The average molecular weight is 481 g/mol. The molecule has 0 aliphatic carbocycles. The van der Waals surface area contributed by atoms with Crippen molar-refractivity contribution in [2.75, 3.05) is 23.8 Å². The minimum Gasteiger partial charge on any atom is -0.324 e. The van der Waals surface area contributed by atoms with Gasteiger partial charge >= 0.3 is 0 Å². The summed E-state index contributed by atoms with van der Waals surface area (Å²) in [5.74, 6) is -0.817. The van der Waals surface area contributed by atoms with Gasteiger partial charge in [-0.25, -0.2) is 8.42 Å². The molecule has 2 aromatic carbocycles. The summed E-state index contributed by atoms with van der Waals surface area (Å²) < 4.78 is 26.9. The van der Waals surface area contributed by atoms with Crippen LogP contribution in [0.3, 0.4) is 0 Å². The summed E-state index contributed by atoms with van der Waals surface area (Å²) in [6.45, 7) is 2.56. The number of nitrogens with zero attached hydrogens (tertiary/aromatic N) is 3. The molecule has 1 unspecified atom stereocenters. The van der Waals surface area contributed by atoms with Crippen LogP contribution < -0.4 is 10.2 Å². The van der Waals surface area contributed by atoms with Crippen molar-refractivity contribution in [3.63, 3.8) is 0 Å². The molecule has 0 radical (unpaired) electrons. The third-order valence-electron chi connectivity index (χ3n) is 5.18. The minimum atomic E-state index is -4.27. The van der Waals surface area contributed by atoms with Crippen molar-refractivity contribution in [1.29, 1.82) is 0 Å². The largest absolute Gasteiger partial charge is 0.324 e. The highest BCUT2D eigenvalue weighted by atomic mass is 35.5. The Morgan fingerprint density at radius 1 is 1.34 bits per heavy atom. The van der Waals surface area contributed by atoms with Crippen molar-refractivity contribution in [3.05, 3.63) is 57.1 Å². The van der Waals surface area contributed by atoms with Crippen molar-refractivity contribution in [2.24, 2.45) is 0 Å². The first-order chi connectivity index (χ1) is 14.9. The number of para-hydroxylation sites is 2. The van der Waals surface area contributed by atoms with Gasteiger partial charge in [-0.2, -0.15) is 4.31 Å². The van der Waals surface area contributed by atoms with Crippen molar-refractivity contribution in [2.45, 2.75) is 31.2 Å². The van der Waals surface area contributed by atoms with E-state index < -0.39 is 44.0 Å². The topological polar surface area (TPSA) is 130 Å². The summed E-state index contributed by atoms with van der Waals surface area (Å²) in [6.07, 6.45) is 0.0383. The Hall–Kier alpha value is -3.02. The fraction of sp³-hybridized carbons (Fsp3) is 0.300. The number of nitro benzene ring substituents is 1. The van der Waals surface area contributed by atoms with E-state index in [1.54, 1.807) is 31.2 Å². The Labute approximate surface area is 190 Å². The van der Waals surface area contributed by atoms with Gasteiger partial charge in [0.15, 0.2) is 0 Å². The standard InChI is InChI=1S/C20H21ClN4O6S/c1-12-8-19(26)22-16-6-4-5-7-17(16)24(12)20(27)11-23(3)32(30,31)14-9-15(21)13(2)18(10-14)25(28)29/h4-7,9-10,12H,8,11H2,1-3H3,(H,22,26). The maximum absolute atomic E-state index is 13.2. The van der Waals surface area contributed by atoms with Crippen molar-refractivity contribution in [3.8, 4) is 0 Å². The van der Waals surface area contributed by atoms with Crippen LogP contribution in [-0.2, 0) is 19.6 Å². The molecule has 1 N–H and O–H groups in total. The number of likely N-dealkylation sites (N-methyl/N-ethyl adjacent to an activating group) is 1. The van der Waals surface area contributed by atoms with Gasteiger partial charge in [-0.1, -0.05) is 23.7 Å². The molecule has 1 atom stereocenters. The predicted molar refractivity (Wildman–Crippen MR) is 119 cm³/mol.